The summed E-state index contributed by atoms with van der Waals surface area (Å²) in [5, 5.41) is 3.74. The topological polar surface area (TPSA) is 108 Å². The highest BCUT2D eigenvalue weighted by Gasteiger charge is 2.37. The number of rotatable bonds is 4. The van der Waals surface area contributed by atoms with Crippen LogP contribution in [-0.2, 0) is 14.8 Å². The molecule has 0 spiro atoms. The molecule has 29 heavy (non-hydrogen) atoms. The third-order valence-corrected chi connectivity index (χ3v) is 7.66. The van der Waals surface area contributed by atoms with Crippen LogP contribution in [0.4, 0.5) is 0 Å². The first-order chi connectivity index (χ1) is 13.9. The lowest BCUT2D eigenvalue weighted by atomic mass is 10.0. The number of hydrazine groups is 1. The van der Waals surface area contributed by atoms with E-state index < -0.39 is 10.0 Å². The second-order valence-corrected chi connectivity index (χ2v) is 9.30. The highest BCUT2D eigenvalue weighted by Crippen LogP contribution is 2.26. The number of sulfonamides is 1. The zero-order valence-electron chi connectivity index (χ0n) is 16.5. The molecule has 2 fully saturated rings. The van der Waals surface area contributed by atoms with Gasteiger partial charge in [0.25, 0.3) is 0 Å². The number of benzene rings is 1. The van der Waals surface area contributed by atoms with Gasteiger partial charge in [-0.2, -0.15) is 4.31 Å². The van der Waals surface area contributed by atoms with Crippen molar-refractivity contribution in [1.82, 2.24) is 25.2 Å². The smallest absolute Gasteiger partial charge is 0.248 e. The highest BCUT2D eigenvalue weighted by atomic mass is 32.2. The molecule has 0 aliphatic carbocycles. The maximum absolute atomic E-state index is 12.9. The molecule has 2 aliphatic rings. The van der Waals surface area contributed by atoms with Gasteiger partial charge >= 0.3 is 0 Å². The maximum atomic E-state index is 12.9. The van der Waals surface area contributed by atoms with Crippen molar-refractivity contribution in [3.05, 3.63) is 47.3 Å². The largest absolute Gasteiger partial charge is 0.360 e. The quantitative estimate of drug-likeness (QED) is 0.752. The van der Waals surface area contributed by atoms with E-state index in [1.165, 1.54) is 4.31 Å². The first kappa shape index (κ1) is 20.0. The fourth-order valence-electron chi connectivity index (χ4n) is 3.96. The van der Waals surface area contributed by atoms with Gasteiger partial charge in [0, 0.05) is 32.2 Å². The van der Waals surface area contributed by atoms with E-state index >= 15 is 0 Å². The summed E-state index contributed by atoms with van der Waals surface area (Å²) in [7, 11) is -3.68. The lowest BCUT2D eigenvalue weighted by Crippen LogP contribution is -2.54. The van der Waals surface area contributed by atoms with Gasteiger partial charge in [0.15, 0.2) is 5.76 Å². The standard InChI is InChI=1S/C19H25N5O4S/c1-13-18(14(2)28-22-13)29(26,27)24-10-8-23(9-11-24)19(25)17-12-16(20-21-17)15-6-4-3-5-7-15/h3-7,16-17,20-21H,8-12H2,1-2H3. The van der Waals surface area contributed by atoms with Crippen molar-refractivity contribution in [2.75, 3.05) is 26.2 Å². The van der Waals surface area contributed by atoms with Gasteiger partial charge in [0.1, 0.15) is 16.6 Å². The van der Waals surface area contributed by atoms with Crippen molar-refractivity contribution in [1.29, 1.82) is 0 Å². The average Bonchev–Trinajstić information content (AvgIpc) is 3.35. The van der Waals surface area contributed by atoms with Gasteiger partial charge in [-0.05, 0) is 25.8 Å². The fourth-order valence-corrected chi connectivity index (χ4v) is 5.68. The number of nitrogens with one attached hydrogen (secondary N) is 2. The van der Waals surface area contributed by atoms with Crippen LogP contribution in [-0.4, -0.2) is 60.9 Å². The third kappa shape index (κ3) is 3.80. The molecule has 1 aromatic carbocycles. The highest BCUT2D eigenvalue weighted by molar-refractivity contribution is 7.89. The normalized spacial score (nSPS) is 23.4. The summed E-state index contributed by atoms with van der Waals surface area (Å²) in [6.45, 7) is 4.42. The van der Waals surface area contributed by atoms with Crippen LogP contribution >= 0.6 is 0 Å². The zero-order valence-corrected chi connectivity index (χ0v) is 17.3. The van der Waals surface area contributed by atoms with Gasteiger partial charge in [-0.1, -0.05) is 35.5 Å². The Balaban J connectivity index is 1.37. The van der Waals surface area contributed by atoms with E-state index in [1.807, 2.05) is 30.3 Å². The Labute approximate surface area is 170 Å². The van der Waals surface area contributed by atoms with Crippen LogP contribution in [0.1, 0.15) is 29.5 Å². The molecule has 1 aromatic heterocycles. The molecule has 3 heterocycles. The minimum Gasteiger partial charge on any atom is -0.360 e. The van der Waals surface area contributed by atoms with E-state index in [9.17, 15) is 13.2 Å². The fraction of sp³-hybridized carbons (Fsp3) is 0.474. The van der Waals surface area contributed by atoms with Crippen molar-refractivity contribution >= 4 is 15.9 Å². The van der Waals surface area contributed by atoms with E-state index in [-0.39, 0.29) is 41.7 Å². The van der Waals surface area contributed by atoms with Crippen LogP contribution < -0.4 is 10.9 Å². The van der Waals surface area contributed by atoms with E-state index in [0.717, 1.165) is 5.56 Å². The summed E-state index contributed by atoms with van der Waals surface area (Å²) < 4.78 is 32.3. The summed E-state index contributed by atoms with van der Waals surface area (Å²) in [6, 6.07) is 9.73. The zero-order chi connectivity index (χ0) is 20.6. The third-order valence-electron chi connectivity index (χ3n) is 5.52. The molecule has 4 rings (SSSR count). The van der Waals surface area contributed by atoms with Crippen molar-refractivity contribution in [2.24, 2.45) is 0 Å². The van der Waals surface area contributed by atoms with E-state index in [4.69, 9.17) is 4.52 Å². The molecule has 2 saturated heterocycles. The summed E-state index contributed by atoms with van der Waals surface area (Å²) in [4.78, 5) is 14.8. The van der Waals surface area contributed by atoms with Crippen molar-refractivity contribution < 1.29 is 17.7 Å². The second-order valence-electron chi connectivity index (χ2n) is 7.42. The molecular weight excluding hydrogens is 394 g/mol. The number of aryl methyl sites for hydroxylation is 2. The molecule has 156 valence electrons. The van der Waals surface area contributed by atoms with Gasteiger partial charge in [0.2, 0.25) is 15.9 Å². The number of hydrogen-bond donors (Lipinski definition) is 2. The van der Waals surface area contributed by atoms with Crippen molar-refractivity contribution in [2.45, 2.75) is 37.2 Å². The van der Waals surface area contributed by atoms with Gasteiger partial charge < -0.3 is 9.42 Å². The molecule has 0 saturated carbocycles. The van der Waals surface area contributed by atoms with Crippen LogP contribution in [0.25, 0.3) is 0 Å². The van der Waals surface area contributed by atoms with Crippen LogP contribution in [0, 0.1) is 13.8 Å². The number of piperazine rings is 1. The van der Waals surface area contributed by atoms with Crippen LogP contribution in [0.5, 0.6) is 0 Å². The molecule has 2 aromatic rings. The Bertz CT molecular complexity index is 964. The van der Waals surface area contributed by atoms with Crippen LogP contribution in [0.2, 0.25) is 0 Å². The molecule has 2 atom stereocenters. The minimum atomic E-state index is -3.68. The SMILES string of the molecule is Cc1noc(C)c1S(=O)(=O)N1CCN(C(=O)C2CC(c3ccccc3)NN2)CC1. The molecule has 0 radical (unpaired) electrons. The van der Waals surface area contributed by atoms with E-state index in [2.05, 4.69) is 16.0 Å². The lowest BCUT2D eigenvalue weighted by Gasteiger charge is -2.35. The molecule has 1 amide bonds. The first-order valence-corrected chi connectivity index (χ1v) is 11.1. The van der Waals surface area contributed by atoms with Gasteiger partial charge in [0.05, 0.1) is 0 Å². The first-order valence-electron chi connectivity index (χ1n) is 9.65. The Hall–Kier alpha value is -2.27. The molecule has 10 heteroatoms. The maximum Gasteiger partial charge on any atom is 0.248 e. The van der Waals surface area contributed by atoms with E-state index in [0.29, 0.717) is 25.2 Å². The molecular formula is C19H25N5O4S. The van der Waals surface area contributed by atoms with Crippen molar-refractivity contribution in [3.8, 4) is 0 Å². The Morgan fingerprint density at radius 1 is 1.10 bits per heavy atom. The lowest BCUT2D eigenvalue weighted by molar-refractivity contribution is -0.134. The molecule has 2 aliphatic heterocycles. The monoisotopic (exact) mass is 419 g/mol. The summed E-state index contributed by atoms with van der Waals surface area (Å²) >= 11 is 0. The summed E-state index contributed by atoms with van der Waals surface area (Å²) in [5.41, 5.74) is 7.76. The Morgan fingerprint density at radius 2 is 1.79 bits per heavy atom. The average molecular weight is 420 g/mol. The predicted octanol–water partition coefficient (Wildman–Crippen LogP) is 0.732. The molecule has 2 unspecified atom stereocenters. The molecule has 0 bridgehead atoms. The summed E-state index contributed by atoms with van der Waals surface area (Å²) in [5.74, 6) is 0.277. The van der Waals surface area contributed by atoms with E-state index in [1.54, 1.807) is 18.7 Å². The number of nitrogens with zero attached hydrogens (tertiary/aromatic N) is 3. The number of carbonyl (C=O) groups excluding carboxylic acids is 1. The minimum absolute atomic E-state index is 0.00896. The number of aromatic nitrogens is 1. The second kappa shape index (κ2) is 7.86. The van der Waals surface area contributed by atoms with Crippen LogP contribution in [0.3, 0.4) is 0 Å². The van der Waals surface area contributed by atoms with Gasteiger partial charge in [-0.15, -0.1) is 0 Å². The number of hydrogen-bond acceptors (Lipinski definition) is 7. The predicted molar refractivity (Wildman–Crippen MR) is 105 cm³/mol. The summed E-state index contributed by atoms with van der Waals surface area (Å²) in [6.07, 6.45) is 0.653. The number of amides is 1. The molecule has 9 nitrogen and oxygen atoms in total. The van der Waals surface area contributed by atoms with Crippen molar-refractivity contribution in [3.63, 3.8) is 0 Å². The number of carbonyl (C=O) groups is 1. The Morgan fingerprint density at radius 3 is 2.41 bits per heavy atom. The molecule has 2 N–H and O–H groups in total. The van der Waals surface area contributed by atoms with Gasteiger partial charge in [-0.3, -0.25) is 4.79 Å². The van der Waals surface area contributed by atoms with Gasteiger partial charge in [-0.25, -0.2) is 19.3 Å². The van der Waals surface area contributed by atoms with Crippen LogP contribution in [0.15, 0.2) is 39.8 Å². The Kier molecular flexibility index (Phi) is 5.43.